The summed E-state index contributed by atoms with van der Waals surface area (Å²) in [6.45, 7) is 5.39. The van der Waals surface area contributed by atoms with Gasteiger partial charge >= 0.3 is 0 Å². The number of aromatic nitrogens is 2. The summed E-state index contributed by atoms with van der Waals surface area (Å²) in [5.41, 5.74) is 2.93. The molecule has 0 bridgehead atoms. The molecule has 2 aliphatic heterocycles. The Morgan fingerprint density at radius 3 is 2.62 bits per heavy atom. The van der Waals surface area contributed by atoms with E-state index in [0.29, 0.717) is 25.5 Å². The van der Waals surface area contributed by atoms with Crippen LogP contribution in [0.15, 0.2) is 36.7 Å². The summed E-state index contributed by atoms with van der Waals surface area (Å²) in [4.78, 5) is 36.4. The normalized spacial score (nSPS) is 17.3. The molecule has 3 heterocycles. The third kappa shape index (κ3) is 6.88. The highest BCUT2D eigenvalue weighted by molar-refractivity contribution is 5.92. The van der Waals surface area contributed by atoms with Crippen molar-refractivity contribution < 1.29 is 14.7 Å². The highest BCUT2D eigenvalue weighted by Crippen LogP contribution is 2.18. The minimum Gasteiger partial charge on any atom is -0.390 e. The second-order valence-electron chi connectivity index (χ2n) is 8.83. The molecular weight excluding hydrogens is 456 g/mol. The number of aliphatic hydroxyl groups is 1. The molecule has 2 amide bonds. The van der Waals surface area contributed by atoms with Crippen molar-refractivity contribution >= 4 is 30.0 Å². The molecule has 9 nitrogen and oxygen atoms in total. The smallest absolute Gasteiger partial charge is 0.270 e. The van der Waals surface area contributed by atoms with Crippen LogP contribution < -0.4 is 10.6 Å². The van der Waals surface area contributed by atoms with Crippen LogP contribution in [0.2, 0.25) is 0 Å². The Hall–Kier alpha value is -2.75. The fourth-order valence-electron chi connectivity index (χ4n) is 4.48. The van der Waals surface area contributed by atoms with Gasteiger partial charge in [-0.05, 0) is 30.4 Å². The van der Waals surface area contributed by atoms with Crippen LogP contribution in [0.1, 0.15) is 41.4 Å². The zero-order valence-corrected chi connectivity index (χ0v) is 20.3. The third-order valence-electron chi connectivity index (χ3n) is 6.37. The quantitative estimate of drug-likeness (QED) is 0.541. The molecule has 0 spiro atoms. The van der Waals surface area contributed by atoms with Gasteiger partial charge in [0.25, 0.3) is 5.91 Å². The van der Waals surface area contributed by atoms with Crippen LogP contribution >= 0.6 is 12.4 Å². The number of rotatable bonds is 7. The van der Waals surface area contributed by atoms with E-state index in [1.807, 2.05) is 11.0 Å². The summed E-state index contributed by atoms with van der Waals surface area (Å²) < 4.78 is 0. The third-order valence-corrected chi connectivity index (χ3v) is 6.37. The molecule has 3 N–H and O–H groups in total. The first-order valence-corrected chi connectivity index (χ1v) is 11.6. The number of piperidine rings is 1. The Bertz CT molecular complexity index is 983. The Morgan fingerprint density at radius 1 is 1.15 bits per heavy atom. The summed E-state index contributed by atoms with van der Waals surface area (Å²) in [5, 5.41) is 16.6. The lowest BCUT2D eigenvalue weighted by molar-refractivity contribution is -0.129. The fourth-order valence-corrected chi connectivity index (χ4v) is 4.48. The SMILES string of the molecule is CC(=O)N1CCC(Nc2cc(C(=O)NCC(O)CN3CCc4ccccc4C3)ncn2)CC1.Cl. The zero-order chi connectivity index (χ0) is 23.2. The van der Waals surface area contributed by atoms with Gasteiger partial charge in [0.15, 0.2) is 0 Å². The molecule has 0 radical (unpaired) electrons. The lowest BCUT2D eigenvalue weighted by atomic mass is 10.00. The highest BCUT2D eigenvalue weighted by atomic mass is 35.5. The maximum absolute atomic E-state index is 12.6. The Morgan fingerprint density at radius 2 is 1.88 bits per heavy atom. The van der Waals surface area contributed by atoms with E-state index in [1.165, 1.54) is 17.5 Å². The minimum absolute atomic E-state index is 0. The van der Waals surface area contributed by atoms with E-state index in [-0.39, 0.29) is 42.5 Å². The van der Waals surface area contributed by atoms with E-state index in [0.717, 1.165) is 32.4 Å². The number of carbonyl (C=O) groups excluding carboxylic acids is 2. The van der Waals surface area contributed by atoms with Crippen LogP contribution in [0, 0.1) is 0 Å². The van der Waals surface area contributed by atoms with Crippen molar-refractivity contribution in [2.75, 3.05) is 38.0 Å². The molecule has 184 valence electrons. The fraction of sp³-hybridized carbons (Fsp3) is 0.500. The maximum Gasteiger partial charge on any atom is 0.270 e. The molecule has 1 atom stereocenters. The first-order valence-electron chi connectivity index (χ1n) is 11.6. The molecular formula is C24H33ClN6O3. The number of hydrogen-bond acceptors (Lipinski definition) is 7. The van der Waals surface area contributed by atoms with Crippen LogP contribution in [0.3, 0.4) is 0 Å². The van der Waals surface area contributed by atoms with Gasteiger partial charge in [0, 0.05) is 58.3 Å². The van der Waals surface area contributed by atoms with Gasteiger partial charge in [0.05, 0.1) is 6.10 Å². The Balaban J connectivity index is 0.00000324. The number of hydrogen-bond donors (Lipinski definition) is 3. The van der Waals surface area contributed by atoms with Crippen molar-refractivity contribution in [1.29, 1.82) is 0 Å². The van der Waals surface area contributed by atoms with Gasteiger partial charge in [-0.2, -0.15) is 0 Å². The van der Waals surface area contributed by atoms with Crippen LogP contribution in [-0.2, 0) is 17.8 Å². The minimum atomic E-state index is -0.662. The standard InChI is InChI=1S/C24H32N6O3.ClH/c1-17(31)30-10-7-20(8-11-30)28-23-12-22(26-16-27-23)24(33)25-13-21(32)15-29-9-6-18-4-2-3-5-19(18)14-29;/h2-5,12,16,20-21,32H,6-11,13-15H2,1H3,(H,25,33)(H,26,27,28);1H. The summed E-state index contributed by atoms with van der Waals surface area (Å²) in [5.74, 6) is 0.348. The molecule has 0 aliphatic carbocycles. The number of carbonyl (C=O) groups is 2. The monoisotopic (exact) mass is 488 g/mol. The van der Waals surface area contributed by atoms with Gasteiger partial charge in [-0.25, -0.2) is 9.97 Å². The average molecular weight is 489 g/mol. The van der Waals surface area contributed by atoms with Gasteiger partial charge in [0.2, 0.25) is 5.91 Å². The van der Waals surface area contributed by atoms with E-state index in [4.69, 9.17) is 0 Å². The number of likely N-dealkylation sites (tertiary alicyclic amines) is 1. The lowest BCUT2D eigenvalue weighted by Gasteiger charge is -2.31. The predicted octanol–water partition coefficient (Wildman–Crippen LogP) is 1.47. The van der Waals surface area contributed by atoms with Crippen molar-refractivity contribution in [2.45, 2.75) is 44.9 Å². The van der Waals surface area contributed by atoms with Crippen LogP contribution in [0.25, 0.3) is 0 Å². The number of halogens is 1. The van der Waals surface area contributed by atoms with Gasteiger partial charge in [-0.1, -0.05) is 24.3 Å². The predicted molar refractivity (Wildman–Crippen MR) is 132 cm³/mol. The summed E-state index contributed by atoms with van der Waals surface area (Å²) in [6, 6.07) is 10.2. The molecule has 1 saturated heterocycles. The van der Waals surface area contributed by atoms with Crippen LogP contribution in [-0.4, -0.2) is 81.6 Å². The van der Waals surface area contributed by atoms with E-state index in [9.17, 15) is 14.7 Å². The van der Waals surface area contributed by atoms with Crippen LogP contribution in [0.5, 0.6) is 0 Å². The van der Waals surface area contributed by atoms with Gasteiger partial charge in [-0.3, -0.25) is 14.5 Å². The molecule has 34 heavy (non-hydrogen) atoms. The van der Waals surface area contributed by atoms with Crippen molar-refractivity contribution in [1.82, 2.24) is 25.1 Å². The number of aliphatic hydroxyl groups excluding tert-OH is 1. The van der Waals surface area contributed by atoms with Crippen molar-refractivity contribution in [3.05, 3.63) is 53.5 Å². The zero-order valence-electron chi connectivity index (χ0n) is 19.4. The van der Waals surface area contributed by atoms with E-state index < -0.39 is 6.10 Å². The second-order valence-corrected chi connectivity index (χ2v) is 8.83. The number of β-amino-alcohol motifs (C(OH)–C–C–N with tert-alkyl or cyclic N) is 1. The first kappa shape index (κ1) is 25.9. The number of nitrogens with one attached hydrogen (secondary N) is 2. The largest absolute Gasteiger partial charge is 0.390 e. The Labute approximate surface area is 206 Å². The maximum atomic E-state index is 12.6. The summed E-state index contributed by atoms with van der Waals surface area (Å²) in [7, 11) is 0. The van der Waals surface area contributed by atoms with Crippen molar-refractivity contribution in [3.8, 4) is 0 Å². The molecule has 10 heteroatoms. The average Bonchev–Trinajstić information content (AvgIpc) is 2.83. The molecule has 1 unspecified atom stereocenters. The second kappa shape index (κ2) is 12.1. The van der Waals surface area contributed by atoms with Gasteiger partial charge in [0.1, 0.15) is 17.8 Å². The molecule has 1 aromatic heterocycles. The van der Waals surface area contributed by atoms with Crippen LogP contribution in [0.4, 0.5) is 5.82 Å². The van der Waals surface area contributed by atoms with Gasteiger partial charge in [-0.15, -0.1) is 12.4 Å². The molecule has 0 saturated carbocycles. The topological polar surface area (TPSA) is 111 Å². The highest BCUT2D eigenvalue weighted by Gasteiger charge is 2.22. The molecule has 1 aromatic carbocycles. The summed E-state index contributed by atoms with van der Waals surface area (Å²) in [6.07, 6.45) is 3.34. The van der Waals surface area contributed by atoms with E-state index in [2.05, 4.69) is 43.7 Å². The number of benzene rings is 1. The molecule has 2 aliphatic rings. The number of fused-ring (bicyclic) bond motifs is 1. The first-order chi connectivity index (χ1) is 16.0. The number of anilines is 1. The van der Waals surface area contributed by atoms with E-state index >= 15 is 0 Å². The molecule has 1 fully saturated rings. The van der Waals surface area contributed by atoms with E-state index in [1.54, 1.807) is 13.0 Å². The van der Waals surface area contributed by atoms with Gasteiger partial charge < -0.3 is 20.6 Å². The lowest BCUT2D eigenvalue weighted by Crippen LogP contribution is -2.42. The summed E-state index contributed by atoms with van der Waals surface area (Å²) >= 11 is 0. The number of amides is 2. The molecule has 2 aromatic rings. The Kier molecular flexibility index (Phi) is 9.20. The molecule has 4 rings (SSSR count). The van der Waals surface area contributed by atoms with Crippen molar-refractivity contribution in [3.63, 3.8) is 0 Å². The van der Waals surface area contributed by atoms with Crippen molar-refractivity contribution in [2.24, 2.45) is 0 Å². The number of nitrogens with zero attached hydrogens (tertiary/aromatic N) is 4.